The van der Waals surface area contributed by atoms with Crippen LogP contribution in [0.15, 0.2) is 0 Å². The van der Waals surface area contributed by atoms with E-state index in [0.29, 0.717) is 38.0 Å². The predicted octanol–water partition coefficient (Wildman–Crippen LogP) is 2.86. The number of aromatic amines is 1. The Hall–Kier alpha value is -0.990. The van der Waals surface area contributed by atoms with Gasteiger partial charge in [0.15, 0.2) is 5.82 Å². The van der Waals surface area contributed by atoms with Crippen LogP contribution in [0.4, 0.5) is 0 Å². The first kappa shape index (κ1) is 19.3. The van der Waals surface area contributed by atoms with Crippen molar-refractivity contribution in [1.82, 2.24) is 23.8 Å². The lowest BCUT2D eigenvalue weighted by molar-refractivity contribution is 0.148. The highest BCUT2D eigenvalue weighted by molar-refractivity contribution is 7.86. The molecule has 0 amide bonds. The molecule has 0 unspecified atom stereocenters. The molecule has 0 aromatic carbocycles. The summed E-state index contributed by atoms with van der Waals surface area (Å²) in [6.45, 7) is 9.15. The average molecular weight is 396 g/mol. The lowest BCUT2D eigenvalue weighted by atomic mass is 9.76. The van der Waals surface area contributed by atoms with E-state index in [2.05, 4.69) is 36.0 Å². The minimum absolute atomic E-state index is 0.101. The first-order valence-electron chi connectivity index (χ1n) is 10.4. The summed E-state index contributed by atoms with van der Waals surface area (Å²) in [5.74, 6) is 3.01. The van der Waals surface area contributed by atoms with Crippen LogP contribution in [-0.4, -0.2) is 58.4 Å². The van der Waals surface area contributed by atoms with E-state index in [-0.39, 0.29) is 11.3 Å². The van der Waals surface area contributed by atoms with Crippen LogP contribution in [0.5, 0.6) is 0 Å². The van der Waals surface area contributed by atoms with Crippen molar-refractivity contribution in [2.45, 2.75) is 71.1 Å². The monoisotopic (exact) mass is 395 g/mol. The number of hydrogen-bond acceptors (Lipinski definition) is 4. The van der Waals surface area contributed by atoms with Gasteiger partial charge in [0.05, 0.1) is 0 Å². The van der Waals surface area contributed by atoms with Gasteiger partial charge in [-0.3, -0.25) is 5.10 Å². The zero-order valence-electron chi connectivity index (χ0n) is 16.8. The van der Waals surface area contributed by atoms with Crippen LogP contribution >= 0.6 is 0 Å². The fourth-order valence-corrected chi connectivity index (χ4v) is 6.22. The van der Waals surface area contributed by atoms with Crippen LogP contribution < -0.4 is 0 Å². The summed E-state index contributed by atoms with van der Waals surface area (Å²) in [6, 6.07) is 0. The minimum atomic E-state index is -3.39. The molecule has 2 saturated heterocycles. The van der Waals surface area contributed by atoms with Crippen molar-refractivity contribution in [1.29, 1.82) is 0 Å². The lowest BCUT2D eigenvalue weighted by Gasteiger charge is -2.41. The van der Waals surface area contributed by atoms with Gasteiger partial charge in [-0.05, 0) is 49.9 Å². The van der Waals surface area contributed by atoms with Crippen molar-refractivity contribution in [2.24, 2.45) is 11.3 Å². The molecular weight excluding hydrogens is 362 g/mol. The van der Waals surface area contributed by atoms with Gasteiger partial charge in [0.2, 0.25) is 0 Å². The number of rotatable bonds is 4. The zero-order valence-corrected chi connectivity index (χ0v) is 17.6. The summed E-state index contributed by atoms with van der Waals surface area (Å²) in [7, 11) is -3.39. The van der Waals surface area contributed by atoms with Crippen molar-refractivity contribution in [3.8, 4) is 0 Å². The van der Waals surface area contributed by atoms with Crippen LogP contribution in [0, 0.1) is 11.3 Å². The van der Waals surface area contributed by atoms with E-state index in [9.17, 15) is 8.42 Å². The number of H-pyrrole nitrogens is 1. The third-order valence-electron chi connectivity index (χ3n) is 6.56. The van der Waals surface area contributed by atoms with E-state index < -0.39 is 10.2 Å². The summed E-state index contributed by atoms with van der Waals surface area (Å²) in [6.07, 6.45) is 6.10. The van der Waals surface area contributed by atoms with Crippen molar-refractivity contribution in [3.05, 3.63) is 11.6 Å². The first-order chi connectivity index (χ1) is 12.7. The molecule has 1 aromatic rings. The number of piperidine rings is 2. The van der Waals surface area contributed by atoms with Gasteiger partial charge in [0.1, 0.15) is 5.82 Å². The van der Waals surface area contributed by atoms with E-state index in [1.165, 1.54) is 12.8 Å². The van der Waals surface area contributed by atoms with E-state index in [1.54, 1.807) is 8.61 Å². The van der Waals surface area contributed by atoms with Crippen LogP contribution in [-0.2, 0) is 10.2 Å². The first-order valence-corrected chi connectivity index (χ1v) is 11.8. The van der Waals surface area contributed by atoms with E-state index in [4.69, 9.17) is 0 Å². The smallest absolute Gasteiger partial charge is 0.263 e. The molecule has 4 rings (SSSR count). The topological polar surface area (TPSA) is 82.2 Å². The summed E-state index contributed by atoms with van der Waals surface area (Å²) < 4.78 is 29.8. The Bertz CT molecular complexity index is 757. The third-order valence-corrected chi connectivity index (χ3v) is 8.57. The second-order valence-corrected chi connectivity index (χ2v) is 11.5. The molecule has 3 heterocycles. The predicted molar refractivity (Wildman–Crippen MR) is 105 cm³/mol. The Morgan fingerprint density at radius 3 is 2.30 bits per heavy atom. The van der Waals surface area contributed by atoms with Crippen molar-refractivity contribution >= 4 is 10.2 Å². The maximum atomic E-state index is 13.2. The number of nitrogens with one attached hydrogen (secondary N) is 1. The molecular formula is C19H33N5O2S. The molecule has 2 aliphatic heterocycles. The average Bonchev–Trinajstić information content (AvgIpc) is 3.38. The molecule has 0 radical (unpaired) electrons. The van der Waals surface area contributed by atoms with Crippen molar-refractivity contribution < 1.29 is 8.42 Å². The van der Waals surface area contributed by atoms with Crippen LogP contribution in [0.25, 0.3) is 0 Å². The quantitative estimate of drug-likeness (QED) is 0.850. The van der Waals surface area contributed by atoms with E-state index in [0.717, 1.165) is 37.3 Å². The maximum Gasteiger partial charge on any atom is 0.281 e. The minimum Gasteiger partial charge on any atom is -0.263 e. The van der Waals surface area contributed by atoms with Gasteiger partial charge in [-0.25, -0.2) is 4.98 Å². The van der Waals surface area contributed by atoms with Gasteiger partial charge < -0.3 is 0 Å². The zero-order chi connectivity index (χ0) is 19.2. The second kappa shape index (κ2) is 7.12. The second-order valence-electron chi connectivity index (χ2n) is 9.60. The van der Waals surface area contributed by atoms with E-state index >= 15 is 0 Å². The number of nitrogens with zero attached hydrogens (tertiary/aromatic N) is 4. The Balaban J connectivity index is 1.41. The normalized spacial score (nSPS) is 27.1. The van der Waals surface area contributed by atoms with Gasteiger partial charge in [-0.1, -0.05) is 20.8 Å². The van der Waals surface area contributed by atoms with Gasteiger partial charge in [-0.15, -0.1) is 0 Å². The molecule has 0 spiro atoms. The van der Waals surface area contributed by atoms with Gasteiger partial charge in [0, 0.05) is 38.0 Å². The van der Waals surface area contributed by atoms with Crippen molar-refractivity contribution in [3.63, 3.8) is 0 Å². The highest BCUT2D eigenvalue weighted by Crippen LogP contribution is 2.39. The fourth-order valence-electron chi connectivity index (χ4n) is 4.49. The Labute approximate surface area is 163 Å². The van der Waals surface area contributed by atoms with Crippen LogP contribution in [0.3, 0.4) is 0 Å². The SMILES string of the molecule is CC(C)(C)C1CCN(S(=O)(=O)N2CCC[C@@H](c3n[nH]c(C4CC4)n3)C2)CC1. The molecule has 27 heavy (non-hydrogen) atoms. The lowest BCUT2D eigenvalue weighted by Crippen LogP contribution is -2.50. The van der Waals surface area contributed by atoms with Crippen LogP contribution in [0.2, 0.25) is 0 Å². The molecule has 1 aliphatic carbocycles. The van der Waals surface area contributed by atoms with Gasteiger partial charge in [0.25, 0.3) is 10.2 Å². The largest absolute Gasteiger partial charge is 0.281 e. The standard InChI is InChI=1S/C19H33N5O2S/c1-19(2,3)16-8-11-23(12-9-16)27(25,26)24-10-4-5-15(13-24)18-20-17(21-22-18)14-6-7-14/h14-16H,4-13H2,1-3H3,(H,20,21,22)/t15-/m1/s1. The molecule has 152 valence electrons. The highest BCUT2D eigenvalue weighted by Gasteiger charge is 2.39. The Kier molecular flexibility index (Phi) is 5.10. The molecule has 1 atom stereocenters. The molecule has 1 saturated carbocycles. The molecule has 3 fully saturated rings. The molecule has 1 N–H and O–H groups in total. The molecule has 3 aliphatic rings. The summed E-state index contributed by atoms with van der Waals surface area (Å²) in [5, 5.41) is 7.46. The van der Waals surface area contributed by atoms with Gasteiger partial charge >= 0.3 is 0 Å². The fraction of sp³-hybridized carbons (Fsp3) is 0.895. The summed E-state index contributed by atoms with van der Waals surface area (Å²) >= 11 is 0. The number of aromatic nitrogens is 3. The Morgan fingerprint density at radius 2 is 1.67 bits per heavy atom. The molecule has 7 nitrogen and oxygen atoms in total. The third kappa shape index (κ3) is 4.07. The van der Waals surface area contributed by atoms with E-state index in [1.807, 2.05) is 0 Å². The molecule has 1 aromatic heterocycles. The highest BCUT2D eigenvalue weighted by atomic mass is 32.2. The summed E-state index contributed by atoms with van der Waals surface area (Å²) in [5.41, 5.74) is 0.247. The summed E-state index contributed by atoms with van der Waals surface area (Å²) in [4.78, 5) is 4.66. The molecule has 0 bridgehead atoms. The van der Waals surface area contributed by atoms with Gasteiger partial charge in [-0.2, -0.15) is 22.1 Å². The van der Waals surface area contributed by atoms with Crippen molar-refractivity contribution in [2.75, 3.05) is 26.2 Å². The Morgan fingerprint density at radius 1 is 0.963 bits per heavy atom. The maximum absolute atomic E-state index is 13.2. The van der Waals surface area contributed by atoms with Crippen LogP contribution in [0.1, 0.15) is 82.8 Å². The molecule has 8 heteroatoms. The number of hydrogen-bond donors (Lipinski definition) is 1.